The molecule has 1 aromatic rings. The number of rotatable bonds is 6. The standard InChI is InChI=1S/C13H19ClN2O2/c1-9-4-5-11(6-12(9)14)15-7-13(17)16-10(2)8-18-3/h4-6,10,15H,7-8H2,1-3H3,(H,16,17)/t10-/m0/s1. The van der Waals surface area contributed by atoms with E-state index in [4.69, 9.17) is 16.3 Å². The molecule has 18 heavy (non-hydrogen) atoms. The Bertz CT molecular complexity index is 410. The Hall–Kier alpha value is -1.26. The van der Waals surface area contributed by atoms with Gasteiger partial charge in [-0.15, -0.1) is 0 Å². The van der Waals surface area contributed by atoms with Crippen LogP contribution in [0.1, 0.15) is 12.5 Å². The van der Waals surface area contributed by atoms with E-state index >= 15 is 0 Å². The van der Waals surface area contributed by atoms with Crippen LogP contribution in [0.2, 0.25) is 5.02 Å². The van der Waals surface area contributed by atoms with Gasteiger partial charge in [0.1, 0.15) is 0 Å². The van der Waals surface area contributed by atoms with Gasteiger partial charge in [-0.2, -0.15) is 0 Å². The summed E-state index contributed by atoms with van der Waals surface area (Å²) in [5.41, 5.74) is 1.85. The van der Waals surface area contributed by atoms with Gasteiger partial charge in [-0.05, 0) is 31.5 Å². The second-order valence-electron chi connectivity index (χ2n) is 4.24. The summed E-state index contributed by atoms with van der Waals surface area (Å²) in [7, 11) is 1.61. The summed E-state index contributed by atoms with van der Waals surface area (Å²) in [5, 5.41) is 6.53. The minimum absolute atomic E-state index is 0.00547. The fourth-order valence-corrected chi connectivity index (χ4v) is 1.68. The smallest absolute Gasteiger partial charge is 0.239 e. The molecule has 0 aliphatic rings. The Morgan fingerprint density at radius 3 is 2.83 bits per heavy atom. The number of hydrogen-bond donors (Lipinski definition) is 2. The number of ether oxygens (including phenoxy) is 1. The molecule has 1 rings (SSSR count). The Kier molecular flexibility index (Phi) is 5.95. The molecule has 100 valence electrons. The molecule has 0 spiro atoms. The van der Waals surface area contributed by atoms with E-state index in [0.717, 1.165) is 11.3 Å². The Labute approximate surface area is 113 Å². The van der Waals surface area contributed by atoms with Gasteiger partial charge in [-0.3, -0.25) is 4.79 Å². The van der Waals surface area contributed by atoms with Crippen molar-refractivity contribution >= 4 is 23.2 Å². The summed E-state index contributed by atoms with van der Waals surface area (Å²) >= 11 is 6.00. The summed E-state index contributed by atoms with van der Waals surface area (Å²) in [6.45, 7) is 4.55. The molecule has 0 aliphatic carbocycles. The quantitative estimate of drug-likeness (QED) is 0.833. The molecule has 1 amide bonds. The van der Waals surface area contributed by atoms with Crippen LogP contribution in [0.5, 0.6) is 0 Å². The molecular weight excluding hydrogens is 252 g/mol. The summed E-state index contributed by atoms with van der Waals surface area (Å²) in [6.07, 6.45) is 0. The average Bonchev–Trinajstić information content (AvgIpc) is 2.31. The van der Waals surface area contributed by atoms with Gasteiger partial charge in [-0.1, -0.05) is 17.7 Å². The van der Waals surface area contributed by atoms with Gasteiger partial charge in [-0.25, -0.2) is 0 Å². The largest absolute Gasteiger partial charge is 0.383 e. The first-order chi connectivity index (χ1) is 8.52. The Morgan fingerprint density at radius 1 is 1.50 bits per heavy atom. The monoisotopic (exact) mass is 270 g/mol. The van der Waals surface area contributed by atoms with E-state index in [0.29, 0.717) is 11.6 Å². The van der Waals surface area contributed by atoms with Gasteiger partial charge in [0.15, 0.2) is 0 Å². The van der Waals surface area contributed by atoms with Crippen molar-refractivity contribution < 1.29 is 9.53 Å². The summed E-state index contributed by atoms with van der Waals surface area (Å²) in [6, 6.07) is 5.62. The van der Waals surface area contributed by atoms with E-state index < -0.39 is 0 Å². The number of methoxy groups -OCH3 is 1. The molecule has 0 heterocycles. The minimum atomic E-state index is -0.0729. The molecule has 2 N–H and O–H groups in total. The van der Waals surface area contributed by atoms with Crippen LogP contribution in [0.3, 0.4) is 0 Å². The summed E-state index contributed by atoms with van der Waals surface area (Å²) in [4.78, 5) is 11.6. The molecule has 0 unspecified atom stereocenters. The minimum Gasteiger partial charge on any atom is -0.383 e. The highest BCUT2D eigenvalue weighted by Gasteiger charge is 2.06. The van der Waals surface area contributed by atoms with Crippen molar-refractivity contribution in [1.82, 2.24) is 5.32 Å². The molecule has 0 radical (unpaired) electrons. The fraction of sp³-hybridized carbons (Fsp3) is 0.462. The maximum Gasteiger partial charge on any atom is 0.239 e. The number of aryl methyl sites for hydroxylation is 1. The van der Waals surface area contributed by atoms with Crippen LogP contribution >= 0.6 is 11.6 Å². The molecule has 1 aromatic carbocycles. The zero-order chi connectivity index (χ0) is 13.5. The molecule has 1 atom stereocenters. The van der Waals surface area contributed by atoms with Crippen LogP contribution in [-0.2, 0) is 9.53 Å². The van der Waals surface area contributed by atoms with Crippen LogP contribution < -0.4 is 10.6 Å². The fourth-order valence-electron chi connectivity index (χ4n) is 1.50. The predicted octanol–water partition coefficient (Wildman–Crippen LogP) is 2.21. The molecule has 4 nitrogen and oxygen atoms in total. The average molecular weight is 271 g/mol. The van der Waals surface area contributed by atoms with E-state index in [2.05, 4.69) is 10.6 Å². The summed E-state index contributed by atoms with van der Waals surface area (Å²) < 4.78 is 4.94. The maximum absolute atomic E-state index is 11.6. The van der Waals surface area contributed by atoms with Gasteiger partial charge < -0.3 is 15.4 Å². The lowest BCUT2D eigenvalue weighted by molar-refractivity contribution is -0.120. The number of nitrogens with one attached hydrogen (secondary N) is 2. The van der Waals surface area contributed by atoms with E-state index in [1.165, 1.54) is 0 Å². The predicted molar refractivity (Wildman–Crippen MR) is 74.2 cm³/mol. The van der Waals surface area contributed by atoms with Crippen LogP contribution in [0.4, 0.5) is 5.69 Å². The first-order valence-corrected chi connectivity index (χ1v) is 6.19. The van der Waals surface area contributed by atoms with Crippen LogP contribution in [0, 0.1) is 6.92 Å². The number of benzene rings is 1. The van der Waals surface area contributed by atoms with E-state index in [9.17, 15) is 4.79 Å². The number of carbonyl (C=O) groups excluding carboxylic acids is 1. The number of hydrogen-bond acceptors (Lipinski definition) is 3. The number of carbonyl (C=O) groups is 1. The third-order valence-electron chi connectivity index (χ3n) is 2.45. The van der Waals surface area contributed by atoms with Crippen LogP contribution in [-0.4, -0.2) is 32.2 Å². The second kappa shape index (κ2) is 7.24. The van der Waals surface area contributed by atoms with Crippen molar-refractivity contribution in [3.8, 4) is 0 Å². The van der Waals surface area contributed by atoms with Gasteiger partial charge >= 0.3 is 0 Å². The first-order valence-electron chi connectivity index (χ1n) is 5.81. The lowest BCUT2D eigenvalue weighted by atomic mass is 10.2. The van der Waals surface area contributed by atoms with Crippen molar-refractivity contribution in [3.63, 3.8) is 0 Å². The second-order valence-corrected chi connectivity index (χ2v) is 4.65. The molecule has 0 fully saturated rings. The SMILES string of the molecule is COC[C@H](C)NC(=O)CNc1ccc(C)c(Cl)c1. The number of amides is 1. The van der Waals surface area contributed by atoms with Gasteiger partial charge in [0.2, 0.25) is 5.91 Å². The Balaban J connectivity index is 2.40. The zero-order valence-electron chi connectivity index (χ0n) is 10.9. The number of anilines is 1. The normalized spacial score (nSPS) is 12.0. The van der Waals surface area contributed by atoms with Crippen LogP contribution in [0.25, 0.3) is 0 Å². The number of halogens is 1. The van der Waals surface area contributed by atoms with Gasteiger partial charge in [0, 0.05) is 23.9 Å². The van der Waals surface area contributed by atoms with Crippen molar-refractivity contribution in [2.24, 2.45) is 0 Å². The molecule has 0 aromatic heterocycles. The lowest BCUT2D eigenvalue weighted by Gasteiger charge is -2.13. The van der Waals surface area contributed by atoms with Crippen molar-refractivity contribution in [3.05, 3.63) is 28.8 Å². The topological polar surface area (TPSA) is 50.4 Å². The van der Waals surface area contributed by atoms with Crippen LogP contribution in [0.15, 0.2) is 18.2 Å². The maximum atomic E-state index is 11.6. The zero-order valence-corrected chi connectivity index (χ0v) is 11.7. The first kappa shape index (κ1) is 14.8. The highest BCUT2D eigenvalue weighted by molar-refractivity contribution is 6.31. The summed E-state index contributed by atoms with van der Waals surface area (Å²) in [5.74, 6) is -0.0729. The van der Waals surface area contributed by atoms with E-state index in [-0.39, 0.29) is 18.5 Å². The Morgan fingerprint density at radius 2 is 2.22 bits per heavy atom. The molecule has 0 aliphatic heterocycles. The highest BCUT2D eigenvalue weighted by atomic mass is 35.5. The van der Waals surface area contributed by atoms with Crippen molar-refractivity contribution in [1.29, 1.82) is 0 Å². The van der Waals surface area contributed by atoms with E-state index in [1.807, 2.05) is 32.0 Å². The molecular formula is C13H19ClN2O2. The molecule has 0 saturated heterocycles. The lowest BCUT2D eigenvalue weighted by Crippen LogP contribution is -2.39. The molecule has 0 bridgehead atoms. The van der Waals surface area contributed by atoms with Gasteiger partial charge in [0.05, 0.1) is 13.2 Å². The van der Waals surface area contributed by atoms with E-state index in [1.54, 1.807) is 7.11 Å². The molecule has 0 saturated carbocycles. The van der Waals surface area contributed by atoms with Crippen molar-refractivity contribution in [2.75, 3.05) is 25.6 Å². The third-order valence-corrected chi connectivity index (χ3v) is 2.86. The van der Waals surface area contributed by atoms with Gasteiger partial charge in [0.25, 0.3) is 0 Å². The highest BCUT2D eigenvalue weighted by Crippen LogP contribution is 2.19. The third kappa shape index (κ3) is 4.94. The molecule has 5 heteroatoms. The van der Waals surface area contributed by atoms with Crippen molar-refractivity contribution in [2.45, 2.75) is 19.9 Å².